The molecule has 45 heavy (non-hydrogen) atoms. The molecule has 2 aliphatic rings. The number of halogens is 3. The van der Waals surface area contributed by atoms with Gasteiger partial charge < -0.3 is 9.84 Å². The quantitative estimate of drug-likeness (QED) is 0.206. The topological polar surface area (TPSA) is 134 Å². The summed E-state index contributed by atoms with van der Waals surface area (Å²) in [6, 6.07) is 8.42. The zero-order chi connectivity index (χ0) is 32.3. The lowest BCUT2D eigenvalue weighted by molar-refractivity contribution is -0.138. The first kappa shape index (κ1) is 31.3. The van der Waals surface area contributed by atoms with E-state index in [0.717, 1.165) is 58.2 Å². The minimum absolute atomic E-state index is 0.00994. The number of rotatable bonds is 7. The van der Waals surface area contributed by atoms with Crippen molar-refractivity contribution in [1.82, 2.24) is 24.3 Å². The Balaban J connectivity index is 1.45. The van der Waals surface area contributed by atoms with E-state index in [1.807, 2.05) is 38.1 Å². The largest absolute Gasteiger partial charge is 0.481 e. The number of aliphatic carboxylic acids is 1. The number of carboxylic acids is 1. The molecule has 0 saturated heterocycles. The summed E-state index contributed by atoms with van der Waals surface area (Å²) in [4.78, 5) is 15.6. The van der Waals surface area contributed by atoms with Crippen LogP contribution in [0.25, 0.3) is 11.0 Å². The van der Waals surface area contributed by atoms with Crippen molar-refractivity contribution in [2.75, 3.05) is 6.54 Å². The molecule has 240 valence electrons. The Morgan fingerprint density at radius 3 is 2.69 bits per heavy atom. The molecule has 0 saturated carbocycles. The Morgan fingerprint density at radius 2 is 1.98 bits per heavy atom. The van der Waals surface area contributed by atoms with Crippen LogP contribution in [0.3, 0.4) is 0 Å². The number of carboxylic acid groups (broad SMARTS) is 1. The molecule has 2 aromatic heterocycles. The molecule has 0 fully saturated rings. The van der Waals surface area contributed by atoms with Gasteiger partial charge in [0.2, 0.25) is 5.88 Å². The zero-order valence-electron chi connectivity index (χ0n) is 25.0. The maximum absolute atomic E-state index is 13.6. The molecule has 1 unspecified atom stereocenters. The van der Waals surface area contributed by atoms with E-state index in [4.69, 9.17) is 4.74 Å². The van der Waals surface area contributed by atoms with Gasteiger partial charge >= 0.3 is 12.1 Å². The number of pyridine rings is 1. The van der Waals surface area contributed by atoms with Crippen molar-refractivity contribution in [3.8, 4) is 5.88 Å². The number of alkyl halides is 3. The third kappa shape index (κ3) is 5.75. The van der Waals surface area contributed by atoms with Crippen LogP contribution in [-0.2, 0) is 37.4 Å². The van der Waals surface area contributed by atoms with E-state index in [-0.39, 0.29) is 25.4 Å². The van der Waals surface area contributed by atoms with Gasteiger partial charge in [-0.3, -0.25) is 13.9 Å². The Labute approximate surface area is 259 Å². The minimum Gasteiger partial charge on any atom is -0.481 e. The van der Waals surface area contributed by atoms with Crippen LogP contribution in [0, 0.1) is 6.92 Å². The molecular formula is C31H34F3N5O5S. The van der Waals surface area contributed by atoms with Gasteiger partial charge in [0.05, 0.1) is 24.0 Å². The van der Waals surface area contributed by atoms with E-state index in [1.54, 1.807) is 11.7 Å². The predicted octanol–water partition coefficient (Wildman–Crippen LogP) is 6.48. The molecule has 0 radical (unpaired) electrons. The molecule has 6 rings (SSSR count). The van der Waals surface area contributed by atoms with Crippen LogP contribution in [0.2, 0.25) is 0 Å². The minimum atomic E-state index is -4.74. The second kappa shape index (κ2) is 11.6. The summed E-state index contributed by atoms with van der Waals surface area (Å²) in [5, 5.41) is 18.4. The van der Waals surface area contributed by atoms with Crippen LogP contribution in [-0.4, -0.2) is 57.1 Å². The number of fused-ring (bicyclic) bond motifs is 3. The molecule has 14 heteroatoms. The predicted molar refractivity (Wildman–Crippen MR) is 161 cm³/mol. The summed E-state index contributed by atoms with van der Waals surface area (Å²) >= 11 is 0. The molecular weight excluding hydrogens is 611 g/mol. The van der Waals surface area contributed by atoms with E-state index < -0.39 is 45.4 Å². The van der Waals surface area contributed by atoms with Gasteiger partial charge in [-0.05, 0) is 78.1 Å². The monoisotopic (exact) mass is 645 g/mol. The molecule has 10 nitrogen and oxygen atoms in total. The van der Waals surface area contributed by atoms with E-state index in [0.29, 0.717) is 24.2 Å². The highest BCUT2D eigenvalue weighted by Crippen LogP contribution is 2.58. The standard InChI is InChI=1S/C31H34F3N5O5S/c1-4-22-16-39(45(42,43)27-12-21(31(32,33)34)14-35-30(27)44-22)15-20-11-19(10-18-6-5-7-24(18)20)25(13-28(40)41)23-8-9-26-29(17(23)2)36-37-38(26)3/h8-12,14,22,25,42-43H,4-7,13,15-16H2,1-3H3,(H,40,41)/t22-,25?/m1/s1. The first-order valence-corrected chi connectivity index (χ1v) is 16.2. The summed E-state index contributed by atoms with van der Waals surface area (Å²) in [7, 11) is -2.17. The van der Waals surface area contributed by atoms with Gasteiger partial charge in [-0.15, -0.1) is 15.9 Å². The van der Waals surface area contributed by atoms with Crippen LogP contribution >= 0.6 is 10.8 Å². The summed E-state index contributed by atoms with van der Waals surface area (Å²) in [5.41, 5.74) is 5.63. The van der Waals surface area contributed by atoms with Crippen molar-refractivity contribution in [1.29, 1.82) is 0 Å². The van der Waals surface area contributed by atoms with Crippen molar-refractivity contribution in [3.05, 3.63) is 75.5 Å². The number of carbonyl (C=O) groups is 1. The number of aryl methyl sites for hydroxylation is 3. The molecule has 4 aromatic rings. The molecule has 3 heterocycles. The highest BCUT2D eigenvalue weighted by molar-refractivity contribution is 8.22. The summed E-state index contributed by atoms with van der Waals surface area (Å²) in [6.07, 6.45) is -1.99. The number of aromatic nitrogens is 4. The Bertz CT molecular complexity index is 1790. The maximum Gasteiger partial charge on any atom is 0.417 e. The molecule has 0 bridgehead atoms. The van der Waals surface area contributed by atoms with Crippen LogP contribution in [0.15, 0.2) is 41.4 Å². The van der Waals surface area contributed by atoms with Crippen molar-refractivity contribution in [2.45, 2.75) is 75.6 Å². The third-order valence-corrected chi connectivity index (χ3v) is 10.7. The van der Waals surface area contributed by atoms with Crippen molar-refractivity contribution < 1.29 is 36.9 Å². The lowest BCUT2D eigenvalue weighted by Crippen LogP contribution is -2.34. The third-order valence-electron chi connectivity index (χ3n) is 8.85. The van der Waals surface area contributed by atoms with Crippen LogP contribution < -0.4 is 4.74 Å². The van der Waals surface area contributed by atoms with Gasteiger partial charge in [-0.25, -0.2) is 9.67 Å². The van der Waals surface area contributed by atoms with Crippen molar-refractivity contribution in [2.24, 2.45) is 7.05 Å². The Hall–Kier alpha value is -3.72. The maximum atomic E-state index is 13.6. The summed E-state index contributed by atoms with van der Waals surface area (Å²) in [6.45, 7) is 3.79. The average Bonchev–Trinajstić information content (AvgIpc) is 3.59. The fraction of sp³-hybridized carbons (Fsp3) is 0.419. The van der Waals surface area contributed by atoms with E-state index in [2.05, 4.69) is 15.3 Å². The number of nitrogens with zero attached hydrogens (tertiary/aromatic N) is 5. The molecule has 0 spiro atoms. The van der Waals surface area contributed by atoms with E-state index in [9.17, 15) is 32.2 Å². The Kier molecular flexibility index (Phi) is 8.04. The molecule has 2 aromatic carbocycles. The van der Waals surface area contributed by atoms with Crippen LogP contribution in [0.1, 0.15) is 71.0 Å². The smallest absolute Gasteiger partial charge is 0.417 e. The highest BCUT2D eigenvalue weighted by atomic mass is 32.3. The zero-order valence-corrected chi connectivity index (χ0v) is 25.8. The van der Waals surface area contributed by atoms with Gasteiger partial charge in [-0.2, -0.15) is 17.5 Å². The fourth-order valence-corrected chi connectivity index (χ4v) is 8.06. The number of hydrogen-bond acceptors (Lipinski definition) is 8. The molecule has 0 amide bonds. The number of benzene rings is 2. The van der Waals surface area contributed by atoms with Gasteiger partial charge in [0.15, 0.2) is 0 Å². The molecule has 3 N–H and O–H groups in total. The first-order chi connectivity index (χ1) is 21.3. The van der Waals surface area contributed by atoms with Gasteiger partial charge in [0, 0.05) is 25.7 Å². The summed E-state index contributed by atoms with van der Waals surface area (Å²) < 4.78 is 72.9. The highest BCUT2D eigenvalue weighted by Gasteiger charge is 2.40. The van der Waals surface area contributed by atoms with Crippen molar-refractivity contribution >= 4 is 27.8 Å². The lowest BCUT2D eigenvalue weighted by atomic mass is 9.83. The van der Waals surface area contributed by atoms with Gasteiger partial charge in [-0.1, -0.05) is 30.3 Å². The molecule has 2 atom stereocenters. The van der Waals surface area contributed by atoms with Crippen LogP contribution in [0.4, 0.5) is 13.2 Å². The van der Waals surface area contributed by atoms with Gasteiger partial charge in [0.1, 0.15) is 16.5 Å². The molecule has 1 aliphatic carbocycles. The number of hydrogen-bond donors (Lipinski definition) is 3. The van der Waals surface area contributed by atoms with Crippen molar-refractivity contribution in [3.63, 3.8) is 0 Å². The first-order valence-electron chi connectivity index (χ1n) is 14.7. The second-order valence-corrected chi connectivity index (χ2v) is 13.7. The second-order valence-electron chi connectivity index (χ2n) is 11.7. The summed E-state index contributed by atoms with van der Waals surface area (Å²) in [5.74, 6) is -1.74. The van der Waals surface area contributed by atoms with E-state index in [1.165, 1.54) is 4.31 Å². The van der Waals surface area contributed by atoms with Crippen LogP contribution in [0.5, 0.6) is 5.88 Å². The normalized spacial score (nSPS) is 19.4. The Morgan fingerprint density at radius 1 is 1.20 bits per heavy atom. The SMILES string of the molecule is CC[C@@H]1CN(Cc2cc(C(CC(=O)O)c3ccc4c(nnn4C)c3C)cc3c2CCC3)S(O)(O)c2cc(C(F)(F)F)cnc2O1. The fourth-order valence-electron chi connectivity index (χ4n) is 6.47. The lowest BCUT2D eigenvalue weighted by Gasteiger charge is -2.42. The average molecular weight is 646 g/mol. The number of ether oxygens (including phenoxy) is 1. The van der Waals surface area contributed by atoms with Gasteiger partial charge in [0.25, 0.3) is 0 Å². The van der Waals surface area contributed by atoms with E-state index >= 15 is 0 Å². The molecule has 1 aliphatic heterocycles.